The Morgan fingerprint density at radius 3 is 2.77 bits per heavy atom. The van der Waals surface area contributed by atoms with Crippen LogP contribution in [0.2, 0.25) is 0 Å². The molecule has 1 aliphatic rings. The zero-order chi connectivity index (χ0) is 22.3. The van der Waals surface area contributed by atoms with Crippen LogP contribution in [0.25, 0.3) is 22.6 Å². The lowest BCUT2D eigenvalue weighted by atomic mass is 9.97. The molecule has 3 aromatic rings. The van der Waals surface area contributed by atoms with E-state index in [0.29, 0.717) is 11.4 Å². The summed E-state index contributed by atoms with van der Waals surface area (Å²) in [6.45, 7) is 5.72. The number of benzene rings is 2. The monoisotopic (exact) mass is 418 g/mol. The number of imidazole rings is 1. The Bertz CT molecular complexity index is 1200. The standard InChI is InChI=1S/C24H23FN4O2/c1-24(2,3)29(23(30)31)21-10-8-16-17(5-4-6-18(16)21)20-13-27-22(28-20)14-7-9-19(25)15(11-14)12-26/h4-7,9,11,13,21H,8,10H2,1-3H3,(H,27,28)(H,30,31). The van der Waals surface area contributed by atoms with Gasteiger partial charge in [0.05, 0.1) is 23.5 Å². The number of carbonyl (C=O) groups is 1. The second-order valence-corrected chi connectivity index (χ2v) is 8.70. The molecule has 7 heteroatoms. The molecule has 1 heterocycles. The van der Waals surface area contributed by atoms with E-state index < -0.39 is 17.4 Å². The lowest BCUT2D eigenvalue weighted by Crippen LogP contribution is -2.46. The van der Waals surface area contributed by atoms with Gasteiger partial charge in [-0.15, -0.1) is 0 Å². The van der Waals surface area contributed by atoms with Gasteiger partial charge in [-0.2, -0.15) is 5.26 Å². The van der Waals surface area contributed by atoms with Crippen LogP contribution in [0.4, 0.5) is 9.18 Å². The van der Waals surface area contributed by atoms with Gasteiger partial charge < -0.3 is 10.1 Å². The fourth-order valence-corrected chi connectivity index (χ4v) is 4.40. The van der Waals surface area contributed by atoms with Gasteiger partial charge in [-0.25, -0.2) is 14.2 Å². The molecule has 0 saturated heterocycles. The van der Waals surface area contributed by atoms with Gasteiger partial charge in [-0.1, -0.05) is 18.2 Å². The Morgan fingerprint density at radius 2 is 2.10 bits per heavy atom. The van der Waals surface area contributed by atoms with Gasteiger partial charge in [0, 0.05) is 16.7 Å². The van der Waals surface area contributed by atoms with Crippen LogP contribution in [0.1, 0.15) is 49.9 Å². The highest BCUT2D eigenvalue weighted by atomic mass is 19.1. The summed E-state index contributed by atoms with van der Waals surface area (Å²) in [4.78, 5) is 21.2. The molecule has 0 saturated carbocycles. The van der Waals surface area contributed by atoms with Crippen molar-refractivity contribution in [2.24, 2.45) is 0 Å². The Labute approximate surface area is 180 Å². The molecule has 158 valence electrons. The Hall–Kier alpha value is -3.66. The molecule has 0 radical (unpaired) electrons. The van der Waals surface area contributed by atoms with Gasteiger partial charge in [0.1, 0.15) is 17.7 Å². The molecule has 1 amide bonds. The first-order valence-corrected chi connectivity index (χ1v) is 10.1. The fraction of sp³-hybridized carbons (Fsp3) is 0.292. The van der Waals surface area contributed by atoms with Crippen LogP contribution in [0.15, 0.2) is 42.6 Å². The normalized spacial score (nSPS) is 15.4. The van der Waals surface area contributed by atoms with Gasteiger partial charge in [-0.05, 0) is 62.9 Å². The zero-order valence-corrected chi connectivity index (χ0v) is 17.6. The third-order valence-corrected chi connectivity index (χ3v) is 5.71. The molecule has 4 rings (SSSR count). The van der Waals surface area contributed by atoms with E-state index in [4.69, 9.17) is 5.26 Å². The van der Waals surface area contributed by atoms with E-state index in [2.05, 4.69) is 9.97 Å². The van der Waals surface area contributed by atoms with E-state index in [0.717, 1.165) is 35.2 Å². The van der Waals surface area contributed by atoms with Crippen molar-refractivity contribution in [1.82, 2.24) is 14.9 Å². The van der Waals surface area contributed by atoms with E-state index in [1.165, 1.54) is 17.0 Å². The van der Waals surface area contributed by atoms with Crippen molar-refractivity contribution in [2.75, 3.05) is 0 Å². The molecule has 0 fully saturated rings. The highest BCUT2D eigenvalue weighted by molar-refractivity contribution is 5.72. The number of rotatable bonds is 3. The van der Waals surface area contributed by atoms with Crippen molar-refractivity contribution < 1.29 is 14.3 Å². The third-order valence-electron chi connectivity index (χ3n) is 5.71. The van der Waals surface area contributed by atoms with Crippen molar-refractivity contribution in [2.45, 2.75) is 45.2 Å². The van der Waals surface area contributed by atoms with Crippen molar-refractivity contribution in [3.05, 3.63) is 65.1 Å². The van der Waals surface area contributed by atoms with Gasteiger partial charge in [0.15, 0.2) is 0 Å². The molecule has 6 nitrogen and oxygen atoms in total. The number of nitrogens with one attached hydrogen (secondary N) is 1. The largest absolute Gasteiger partial charge is 0.465 e. The average Bonchev–Trinajstić information content (AvgIpc) is 3.35. The summed E-state index contributed by atoms with van der Waals surface area (Å²) in [5.41, 5.74) is 3.97. The van der Waals surface area contributed by atoms with E-state index >= 15 is 0 Å². The number of nitriles is 1. The lowest BCUT2D eigenvalue weighted by molar-refractivity contribution is 0.0701. The number of halogens is 1. The molecule has 1 aliphatic carbocycles. The number of H-pyrrole nitrogens is 1. The molecular weight excluding hydrogens is 395 g/mol. The number of amides is 1. The minimum absolute atomic E-state index is 0.0326. The number of hydrogen-bond donors (Lipinski definition) is 2. The Balaban J connectivity index is 1.72. The number of hydrogen-bond acceptors (Lipinski definition) is 3. The molecule has 2 aromatic carbocycles. The summed E-state index contributed by atoms with van der Waals surface area (Å²) >= 11 is 0. The molecule has 0 aliphatic heterocycles. The van der Waals surface area contributed by atoms with Crippen LogP contribution in [0.5, 0.6) is 0 Å². The Morgan fingerprint density at radius 1 is 1.32 bits per heavy atom. The molecule has 1 atom stereocenters. The minimum Gasteiger partial charge on any atom is -0.465 e. The number of nitrogens with zero attached hydrogens (tertiary/aromatic N) is 3. The summed E-state index contributed by atoms with van der Waals surface area (Å²) < 4.78 is 13.6. The van der Waals surface area contributed by atoms with Crippen LogP contribution in [0.3, 0.4) is 0 Å². The topological polar surface area (TPSA) is 93.0 Å². The SMILES string of the molecule is CC(C)(C)N(C(=O)O)C1CCc2c(-c3cnc(-c4ccc(F)c(C#N)c4)[nH]3)cccc21. The molecule has 1 unspecified atom stereocenters. The molecule has 1 aromatic heterocycles. The number of fused-ring (bicyclic) bond motifs is 1. The van der Waals surface area contributed by atoms with Gasteiger partial charge in [0.2, 0.25) is 0 Å². The third kappa shape index (κ3) is 3.66. The van der Waals surface area contributed by atoms with Gasteiger partial charge in [0.25, 0.3) is 0 Å². The summed E-state index contributed by atoms with van der Waals surface area (Å²) in [7, 11) is 0. The first kappa shape index (κ1) is 20.6. The Kier molecular flexibility index (Phi) is 5.02. The van der Waals surface area contributed by atoms with Crippen LogP contribution >= 0.6 is 0 Å². The highest BCUT2D eigenvalue weighted by Gasteiger charge is 2.38. The fourth-order valence-electron chi connectivity index (χ4n) is 4.40. The lowest BCUT2D eigenvalue weighted by Gasteiger charge is -2.38. The van der Waals surface area contributed by atoms with Crippen molar-refractivity contribution in [3.8, 4) is 28.7 Å². The maximum Gasteiger partial charge on any atom is 0.408 e. The minimum atomic E-state index is -0.927. The summed E-state index contributed by atoms with van der Waals surface area (Å²) in [5.74, 6) is -0.0210. The average molecular weight is 418 g/mol. The zero-order valence-electron chi connectivity index (χ0n) is 17.6. The number of aromatic amines is 1. The van der Waals surface area contributed by atoms with Gasteiger partial charge in [-0.3, -0.25) is 4.90 Å². The van der Waals surface area contributed by atoms with E-state index in [1.807, 2.05) is 45.0 Å². The molecule has 31 heavy (non-hydrogen) atoms. The van der Waals surface area contributed by atoms with Crippen LogP contribution in [0, 0.1) is 17.1 Å². The molecule has 2 N–H and O–H groups in total. The van der Waals surface area contributed by atoms with Crippen molar-refractivity contribution in [1.29, 1.82) is 5.26 Å². The smallest absolute Gasteiger partial charge is 0.408 e. The van der Waals surface area contributed by atoms with E-state index in [9.17, 15) is 14.3 Å². The van der Waals surface area contributed by atoms with Crippen molar-refractivity contribution in [3.63, 3.8) is 0 Å². The predicted octanol–water partition coefficient (Wildman–Crippen LogP) is 5.52. The maximum atomic E-state index is 13.6. The summed E-state index contributed by atoms with van der Waals surface area (Å²) in [5, 5.41) is 18.9. The quantitative estimate of drug-likeness (QED) is 0.586. The van der Waals surface area contributed by atoms with E-state index in [1.54, 1.807) is 12.3 Å². The molecule has 0 bridgehead atoms. The highest BCUT2D eigenvalue weighted by Crippen LogP contribution is 2.43. The second kappa shape index (κ2) is 7.55. The summed E-state index contributed by atoms with van der Waals surface area (Å²) in [6, 6.07) is 11.9. The predicted molar refractivity (Wildman–Crippen MR) is 115 cm³/mol. The van der Waals surface area contributed by atoms with Crippen LogP contribution < -0.4 is 0 Å². The first-order valence-electron chi connectivity index (χ1n) is 10.1. The van der Waals surface area contributed by atoms with Crippen LogP contribution in [-0.4, -0.2) is 31.6 Å². The van der Waals surface area contributed by atoms with Crippen molar-refractivity contribution >= 4 is 6.09 Å². The second-order valence-electron chi connectivity index (χ2n) is 8.70. The first-order chi connectivity index (χ1) is 14.7. The van der Waals surface area contributed by atoms with E-state index in [-0.39, 0.29) is 11.6 Å². The molecular formula is C24H23FN4O2. The number of carboxylic acid groups (broad SMARTS) is 1. The van der Waals surface area contributed by atoms with Gasteiger partial charge >= 0.3 is 6.09 Å². The number of aromatic nitrogens is 2. The maximum absolute atomic E-state index is 13.6. The summed E-state index contributed by atoms with van der Waals surface area (Å²) in [6.07, 6.45) is 2.27. The van der Waals surface area contributed by atoms with Crippen LogP contribution in [-0.2, 0) is 6.42 Å². The molecule has 0 spiro atoms.